The van der Waals surface area contributed by atoms with Gasteiger partial charge in [0.15, 0.2) is 0 Å². The Morgan fingerprint density at radius 3 is 2.63 bits per heavy atom. The molecule has 0 spiro atoms. The number of carboxylic acids is 1. The summed E-state index contributed by atoms with van der Waals surface area (Å²) in [7, 11) is 0. The Morgan fingerprint density at radius 2 is 2.05 bits per heavy atom. The van der Waals surface area contributed by atoms with E-state index in [1.54, 1.807) is 11.8 Å². The molecule has 1 fully saturated rings. The fraction of sp³-hybridized carbons (Fsp3) is 0.385. The van der Waals surface area contributed by atoms with Gasteiger partial charge in [-0.05, 0) is 29.9 Å². The van der Waals surface area contributed by atoms with Crippen molar-refractivity contribution in [2.45, 2.75) is 24.8 Å². The van der Waals surface area contributed by atoms with E-state index in [0.717, 1.165) is 17.0 Å². The van der Waals surface area contributed by atoms with E-state index >= 15 is 0 Å². The van der Waals surface area contributed by atoms with Gasteiger partial charge in [0.05, 0.1) is 5.37 Å². The van der Waals surface area contributed by atoms with E-state index in [0.29, 0.717) is 6.42 Å². The van der Waals surface area contributed by atoms with Crippen molar-refractivity contribution in [3.8, 4) is 0 Å². The second-order valence-corrected chi connectivity index (χ2v) is 5.61. The third-order valence-corrected chi connectivity index (χ3v) is 4.09. The van der Waals surface area contributed by atoms with Crippen molar-refractivity contribution < 1.29 is 14.7 Å². The molecule has 1 aliphatic heterocycles. The lowest BCUT2D eigenvalue weighted by Gasteiger charge is -2.28. The number of amides is 1. The Labute approximate surface area is 115 Å². The summed E-state index contributed by atoms with van der Waals surface area (Å²) < 4.78 is 0. The van der Waals surface area contributed by atoms with Crippen molar-refractivity contribution in [2.24, 2.45) is 0 Å². The van der Waals surface area contributed by atoms with E-state index in [2.05, 4.69) is 10.6 Å². The highest BCUT2D eigenvalue weighted by Crippen LogP contribution is 2.32. The summed E-state index contributed by atoms with van der Waals surface area (Å²) >= 11 is 1.70. The minimum Gasteiger partial charge on any atom is -0.480 e. The summed E-state index contributed by atoms with van der Waals surface area (Å²) in [5.74, 6) is -0.0914. The highest BCUT2D eigenvalue weighted by molar-refractivity contribution is 7.99. The van der Waals surface area contributed by atoms with Gasteiger partial charge in [0.2, 0.25) is 5.91 Å². The molecule has 5 nitrogen and oxygen atoms in total. The molecule has 1 saturated heterocycles. The smallest absolute Gasteiger partial charge is 0.320 e. The Morgan fingerprint density at radius 1 is 1.37 bits per heavy atom. The van der Waals surface area contributed by atoms with Crippen molar-refractivity contribution in [3.05, 3.63) is 29.8 Å². The van der Waals surface area contributed by atoms with Crippen LogP contribution in [0.25, 0.3) is 0 Å². The summed E-state index contributed by atoms with van der Waals surface area (Å²) in [6, 6.07) is 6.97. The maximum absolute atomic E-state index is 11.0. The first-order chi connectivity index (χ1) is 9.06. The summed E-state index contributed by atoms with van der Waals surface area (Å²) in [6.45, 7) is 1.46. The van der Waals surface area contributed by atoms with Gasteiger partial charge in [-0.3, -0.25) is 14.9 Å². The fourth-order valence-corrected chi connectivity index (χ4v) is 3.17. The largest absolute Gasteiger partial charge is 0.480 e. The van der Waals surface area contributed by atoms with Gasteiger partial charge >= 0.3 is 5.97 Å². The number of rotatable bonds is 3. The van der Waals surface area contributed by atoms with Crippen LogP contribution in [0.3, 0.4) is 0 Å². The Kier molecular flexibility index (Phi) is 4.44. The van der Waals surface area contributed by atoms with Crippen molar-refractivity contribution in [3.63, 3.8) is 0 Å². The number of carbonyl (C=O) groups excluding carboxylic acids is 1. The van der Waals surface area contributed by atoms with Gasteiger partial charge in [0.1, 0.15) is 6.04 Å². The van der Waals surface area contributed by atoms with Gasteiger partial charge in [-0.1, -0.05) is 12.1 Å². The number of nitrogens with one attached hydrogen (secondary N) is 2. The molecule has 19 heavy (non-hydrogen) atoms. The number of aliphatic carboxylic acids is 1. The molecule has 2 atom stereocenters. The van der Waals surface area contributed by atoms with E-state index in [1.165, 1.54) is 6.92 Å². The van der Waals surface area contributed by atoms with Crippen LogP contribution in [0.1, 0.15) is 24.3 Å². The van der Waals surface area contributed by atoms with Crippen LogP contribution < -0.4 is 10.6 Å². The van der Waals surface area contributed by atoms with Crippen molar-refractivity contribution in [2.75, 3.05) is 11.1 Å². The Hall–Kier alpha value is -1.53. The zero-order valence-corrected chi connectivity index (χ0v) is 11.4. The molecule has 2 unspecified atom stereocenters. The number of carbonyl (C=O) groups is 2. The third-order valence-electron chi connectivity index (χ3n) is 2.88. The lowest BCUT2D eigenvalue weighted by molar-refractivity contribution is -0.139. The number of benzene rings is 1. The number of thioether (sulfide) groups is 1. The van der Waals surface area contributed by atoms with Crippen LogP contribution in [0.4, 0.5) is 5.69 Å². The lowest BCUT2D eigenvalue weighted by Crippen LogP contribution is -2.41. The monoisotopic (exact) mass is 280 g/mol. The molecule has 102 valence electrons. The molecular formula is C13H16N2O3S. The van der Waals surface area contributed by atoms with Gasteiger partial charge < -0.3 is 10.4 Å². The van der Waals surface area contributed by atoms with Gasteiger partial charge in [0.25, 0.3) is 0 Å². The van der Waals surface area contributed by atoms with E-state index < -0.39 is 12.0 Å². The predicted octanol–water partition coefficient (Wildman–Crippen LogP) is 1.82. The van der Waals surface area contributed by atoms with Crippen LogP contribution in [0, 0.1) is 0 Å². The van der Waals surface area contributed by atoms with Crippen molar-refractivity contribution in [1.82, 2.24) is 5.32 Å². The van der Waals surface area contributed by atoms with Crippen LogP contribution in [-0.2, 0) is 9.59 Å². The van der Waals surface area contributed by atoms with E-state index in [1.807, 2.05) is 24.3 Å². The zero-order valence-electron chi connectivity index (χ0n) is 10.6. The highest BCUT2D eigenvalue weighted by atomic mass is 32.2. The normalized spacial score (nSPS) is 22.8. The van der Waals surface area contributed by atoms with Gasteiger partial charge in [-0.15, -0.1) is 11.8 Å². The van der Waals surface area contributed by atoms with Gasteiger partial charge in [-0.25, -0.2) is 0 Å². The predicted molar refractivity (Wildman–Crippen MR) is 75.1 cm³/mol. The number of anilines is 1. The minimum atomic E-state index is -0.805. The van der Waals surface area contributed by atoms with Crippen LogP contribution >= 0.6 is 11.8 Å². The summed E-state index contributed by atoms with van der Waals surface area (Å²) in [5.41, 5.74) is 1.76. The van der Waals surface area contributed by atoms with Crippen molar-refractivity contribution in [1.29, 1.82) is 0 Å². The molecular weight excluding hydrogens is 264 g/mol. The third kappa shape index (κ3) is 3.71. The summed E-state index contributed by atoms with van der Waals surface area (Å²) in [4.78, 5) is 21.9. The molecule has 6 heteroatoms. The molecule has 0 saturated carbocycles. The molecule has 3 N–H and O–H groups in total. The topological polar surface area (TPSA) is 78.4 Å². The Balaban J connectivity index is 2.05. The van der Waals surface area contributed by atoms with E-state index in [4.69, 9.17) is 5.11 Å². The average Bonchev–Trinajstić information content (AvgIpc) is 2.39. The minimum absolute atomic E-state index is 0.0128. The van der Waals surface area contributed by atoms with Crippen LogP contribution in [0.2, 0.25) is 0 Å². The molecule has 0 aromatic heterocycles. The van der Waals surface area contributed by atoms with Crippen LogP contribution in [-0.4, -0.2) is 28.8 Å². The number of hydrogen-bond acceptors (Lipinski definition) is 4. The SMILES string of the molecule is CC(=O)Nc1ccc(C2NC(C(=O)O)CCS2)cc1. The van der Waals surface area contributed by atoms with Gasteiger partial charge in [0, 0.05) is 12.6 Å². The second kappa shape index (κ2) is 6.08. The molecule has 0 radical (unpaired) electrons. The maximum Gasteiger partial charge on any atom is 0.320 e. The van der Waals surface area contributed by atoms with Gasteiger partial charge in [-0.2, -0.15) is 0 Å². The number of hydrogen-bond donors (Lipinski definition) is 3. The summed E-state index contributed by atoms with van der Waals surface area (Å²) in [5, 5.41) is 14.8. The highest BCUT2D eigenvalue weighted by Gasteiger charge is 2.27. The fourth-order valence-electron chi connectivity index (χ4n) is 1.95. The standard InChI is InChI=1S/C13H16N2O3S/c1-8(16)14-10-4-2-9(3-5-10)12-15-11(13(17)18)6-7-19-12/h2-5,11-12,15H,6-7H2,1H3,(H,14,16)(H,17,18). The molecule has 0 aliphatic carbocycles. The van der Waals surface area contributed by atoms with Crippen molar-refractivity contribution >= 4 is 29.3 Å². The Bertz CT molecular complexity index is 475. The van der Waals surface area contributed by atoms with Crippen LogP contribution in [0.15, 0.2) is 24.3 Å². The quantitative estimate of drug-likeness (QED) is 0.787. The first-order valence-electron chi connectivity index (χ1n) is 6.04. The summed E-state index contributed by atoms with van der Waals surface area (Å²) in [6.07, 6.45) is 0.639. The molecule has 1 aromatic rings. The van der Waals surface area contributed by atoms with Crippen LogP contribution in [0.5, 0.6) is 0 Å². The first kappa shape index (κ1) is 13.9. The first-order valence-corrected chi connectivity index (χ1v) is 7.09. The molecule has 1 amide bonds. The zero-order chi connectivity index (χ0) is 13.8. The molecule has 1 heterocycles. The average molecular weight is 280 g/mol. The number of carboxylic acid groups (broad SMARTS) is 1. The molecule has 1 aliphatic rings. The maximum atomic E-state index is 11.0. The molecule has 2 rings (SSSR count). The second-order valence-electron chi connectivity index (χ2n) is 4.40. The molecule has 0 bridgehead atoms. The lowest BCUT2D eigenvalue weighted by atomic mass is 10.1. The van der Waals surface area contributed by atoms with E-state index in [-0.39, 0.29) is 11.3 Å². The van der Waals surface area contributed by atoms with E-state index in [9.17, 15) is 9.59 Å². The molecule has 1 aromatic carbocycles.